The Balaban J connectivity index is 1.71. The van der Waals surface area contributed by atoms with E-state index in [1.807, 2.05) is 42.5 Å². The fourth-order valence-electron chi connectivity index (χ4n) is 2.67. The average molecular weight is 391 g/mol. The fraction of sp³-hybridized carbons (Fsp3) is 0.130. The topological polar surface area (TPSA) is 77.4 Å². The third-order valence-electron chi connectivity index (χ3n) is 4.22. The number of aliphatic imine (C=N–C) groups is 1. The molecule has 0 radical (unpaired) electrons. The van der Waals surface area contributed by atoms with Crippen LogP contribution >= 0.6 is 0 Å². The maximum atomic E-state index is 10.9. The summed E-state index contributed by atoms with van der Waals surface area (Å²) >= 11 is 0. The van der Waals surface area contributed by atoms with Gasteiger partial charge in [-0.2, -0.15) is 0 Å². The number of nitrogens with zero attached hydrogens (tertiary/aromatic N) is 1. The van der Waals surface area contributed by atoms with E-state index < -0.39 is 5.97 Å². The highest BCUT2D eigenvalue weighted by atomic mass is 16.5. The molecule has 0 bridgehead atoms. The quantitative estimate of drug-likeness (QED) is 0.562. The molecule has 0 atom stereocenters. The molecule has 0 heterocycles. The van der Waals surface area contributed by atoms with Gasteiger partial charge in [0.25, 0.3) is 0 Å². The van der Waals surface area contributed by atoms with Crippen molar-refractivity contribution in [1.82, 2.24) is 0 Å². The number of carbonyl (C=O) groups is 1. The van der Waals surface area contributed by atoms with Crippen molar-refractivity contribution in [1.29, 1.82) is 0 Å². The predicted molar refractivity (Wildman–Crippen MR) is 111 cm³/mol. The molecular weight excluding hydrogens is 370 g/mol. The number of aromatic carboxylic acids is 1. The van der Waals surface area contributed by atoms with Crippen LogP contribution in [-0.4, -0.2) is 31.5 Å². The van der Waals surface area contributed by atoms with Gasteiger partial charge in [0.05, 0.1) is 19.8 Å². The van der Waals surface area contributed by atoms with Crippen LogP contribution in [0.25, 0.3) is 0 Å². The monoisotopic (exact) mass is 391 g/mol. The van der Waals surface area contributed by atoms with E-state index in [9.17, 15) is 4.79 Å². The van der Waals surface area contributed by atoms with Gasteiger partial charge in [0.15, 0.2) is 11.5 Å². The van der Waals surface area contributed by atoms with Crippen LogP contribution in [0, 0.1) is 0 Å². The minimum Gasteiger partial charge on any atom is -0.494 e. The van der Waals surface area contributed by atoms with Crippen molar-refractivity contribution < 1.29 is 24.1 Å². The van der Waals surface area contributed by atoms with Crippen molar-refractivity contribution in [3.63, 3.8) is 0 Å². The minimum atomic E-state index is -0.954. The Bertz CT molecular complexity index is 1010. The highest BCUT2D eigenvalue weighted by Gasteiger charge is 2.07. The van der Waals surface area contributed by atoms with Crippen LogP contribution in [0.5, 0.6) is 17.2 Å². The molecule has 6 nitrogen and oxygen atoms in total. The molecule has 1 N–H and O–H groups in total. The van der Waals surface area contributed by atoms with Crippen LogP contribution in [0.2, 0.25) is 0 Å². The second-order valence-electron chi connectivity index (χ2n) is 6.13. The third-order valence-corrected chi connectivity index (χ3v) is 4.22. The lowest BCUT2D eigenvalue weighted by Crippen LogP contribution is -2.00. The second kappa shape index (κ2) is 9.41. The number of rotatable bonds is 8. The van der Waals surface area contributed by atoms with Crippen LogP contribution in [0.3, 0.4) is 0 Å². The molecule has 6 heteroatoms. The Kier molecular flexibility index (Phi) is 6.47. The van der Waals surface area contributed by atoms with Crippen molar-refractivity contribution in [2.24, 2.45) is 4.99 Å². The normalized spacial score (nSPS) is 10.7. The number of ether oxygens (including phenoxy) is 3. The third kappa shape index (κ3) is 5.13. The number of carboxylic acids is 1. The van der Waals surface area contributed by atoms with E-state index in [4.69, 9.17) is 19.3 Å². The standard InChI is InChI=1S/C23H21NO5/c1-27-20-6-4-3-5-19(20)24-14-17-9-12-21(22(13-17)28-2)29-15-16-7-10-18(11-8-16)23(25)26/h3-14H,15H2,1-2H3,(H,25,26). The van der Waals surface area contributed by atoms with Crippen LogP contribution in [-0.2, 0) is 6.61 Å². The first-order chi connectivity index (χ1) is 14.1. The van der Waals surface area contributed by atoms with Gasteiger partial charge in [0, 0.05) is 6.21 Å². The molecule has 0 spiro atoms. The lowest BCUT2D eigenvalue weighted by Gasteiger charge is -2.11. The molecule has 0 saturated heterocycles. The minimum absolute atomic E-state index is 0.241. The van der Waals surface area contributed by atoms with Gasteiger partial charge in [-0.15, -0.1) is 0 Å². The van der Waals surface area contributed by atoms with Crippen molar-refractivity contribution in [2.45, 2.75) is 6.61 Å². The van der Waals surface area contributed by atoms with E-state index in [2.05, 4.69) is 4.99 Å². The van der Waals surface area contributed by atoms with E-state index in [-0.39, 0.29) is 5.56 Å². The van der Waals surface area contributed by atoms with Gasteiger partial charge in [-0.3, -0.25) is 4.99 Å². The zero-order valence-electron chi connectivity index (χ0n) is 16.2. The van der Waals surface area contributed by atoms with E-state index >= 15 is 0 Å². The Hall–Kier alpha value is -3.80. The van der Waals surface area contributed by atoms with Gasteiger partial charge in [-0.05, 0) is 53.6 Å². The summed E-state index contributed by atoms with van der Waals surface area (Å²) in [6.45, 7) is 0.297. The fourth-order valence-corrected chi connectivity index (χ4v) is 2.67. The van der Waals surface area contributed by atoms with Gasteiger partial charge in [0.2, 0.25) is 0 Å². The van der Waals surface area contributed by atoms with Gasteiger partial charge >= 0.3 is 5.97 Å². The molecular formula is C23H21NO5. The predicted octanol–water partition coefficient (Wildman–Crippen LogP) is 4.73. The summed E-state index contributed by atoms with van der Waals surface area (Å²) in [6.07, 6.45) is 1.73. The second-order valence-corrected chi connectivity index (χ2v) is 6.13. The lowest BCUT2D eigenvalue weighted by atomic mass is 10.1. The number of carboxylic acid groups (broad SMARTS) is 1. The molecule has 29 heavy (non-hydrogen) atoms. The first-order valence-electron chi connectivity index (χ1n) is 8.91. The van der Waals surface area contributed by atoms with Crippen molar-refractivity contribution in [2.75, 3.05) is 14.2 Å². The maximum Gasteiger partial charge on any atom is 0.335 e. The summed E-state index contributed by atoms with van der Waals surface area (Å²) < 4.78 is 16.6. The SMILES string of the molecule is COc1ccccc1N=Cc1ccc(OCc2ccc(C(=O)O)cc2)c(OC)c1. The smallest absolute Gasteiger partial charge is 0.335 e. The van der Waals surface area contributed by atoms with E-state index in [1.165, 1.54) is 0 Å². The van der Waals surface area contributed by atoms with Crippen LogP contribution in [0.15, 0.2) is 71.7 Å². The molecule has 148 valence electrons. The summed E-state index contributed by atoms with van der Waals surface area (Å²) in [7, 11) is 3.18. The van der Waals surface area contributed by atoms with Gasteiger partial charge < -0.3 is 19.3 Å². The zero-order chi connectivity index (χ0) is 20.6. The molecule has 0 saturated carbocycles. The molecule has 0 aromatic heterocycles. The number of benzene rings is 3. The number of hydrogen-bond acceptors (Lipinski definition) is 5. The van der Waals surface area contributed by atoms with Gasteiger partial charge in [-0.1, -0.05) is 24.3 Å². The first-order valence-corrected chi connectivity index (χ1v) is 8.91. The molecule has 0 fully saturated rings. The lowest BCUT2D eigenvalue weighted by molar-refractivity contribution is 0.0697. The summed E-state index contributed by atoms with van der Waals surface area (Å²) in [5.74, 6) is 0.912. The largest absolute Gasteiger partial charge is 0.494 e. The van der Waals surface area contributed by atoms with Crippen molar-refractivity contribution in [3.05, 3.63) is 83.4 Å². The van der Waals surface area contributed by atoms with Crippen LogP contribution in [0.1, 0.15) is 21.5 Å². The van der Waals surface area contributed by atoms with E-state index in [1.54, 1.807) is 44.7 Å². The van der Waals surface area contributed by atoms with E-state index in [0.29, 0.717) is 23.9 Å². The van der Waals surface area contributed by atoms with E-state index in [0.717, 1.165) is 16.8 Å². The molecule has 0 aliphatic rings. The average Bonchev–Trinajstić information content (AvgIpc) is 2.76. The first kappa shape index (κ1) is 19.9. The van der Waals surface area contributed by atoms with Crippen molar-refractivity contribution >= 4 is 17.9 Å². The van der Waals surface area contributed by atoms with Crippen molar-refractivity contribution in [3.8, 4) is 17.2 Å². The number of para-hydroxylation sites is 2. The maximum absolute atomic E-state index is 10.9. The summed E-state index contributed by atoms with van der Waals surface area (Å²) in [6, 6.07) is 19.6. The number of hydrogen-bond donors (Lipinski definition) is 1. The highest BCUT2D eigenvalue weighted by Crippen LogP contribution is 2.30. The Morgan fingerprint density at radius 2 is 1.66 bits per heavy atom. The Labute approximate surface area is 169 Å². The molecule has 3 aromatic rings. The van der Waals surface area contributed by atoms with Gasteiger partial charge in [-0.25, -0.2) is 4.79 Å². The summed E-state index contributed by atoms with van der Waals surface area (Å²) in [4.78, 5) is 15.4. The summed E-state index contributed by atoms with van der Waals surface area (Å²) in [5.41, 5.74) is 2.69. The summed E-state index contributed by atoms with van der Waals surface area (Å²) in [5, 5.41) is 8.96. The van der Waals surface area contributed by atoms with Crippen LogP contribution in [0.4, 0.5) is 5.69 Å². The molecule has 0 unspecified atom stereocenters. The van der Waals surface area contributed by atoms with Gasteiger partial charge in [0.1, 0.15) is 18.0 Å². The van der Waals surface area contributed by atoms with Crippen LogP contribution < -0.4 is 14.2 Å². The molecule has 3 aromatic carbocycles. The molecule has 0 amide bonds. The highest BCUT2D eigenvalue weighted by molar-refractivity contribution is 5.87. The number of methoxy groups -OCH3 is 2. The molecule has 3 rings (SSSR count). The Morgan fingerprint density at radius 1 is 0.931 bits per heavy atom. The molecule has 0 aliphatic heterocycles. The molecule has 0 aliphatic carbocycles. The zero-order valence-corrected chi connectivity index (χ0v) is 16.2. The Morgan fingerprint density at radius 3 is 2.34 bits per heavy atom.